The van der Waals surface area contributed by atoms with E-state index in [4.69, 9.17) is 9.73 Å². The van der Waals surface area contributed by atoms with Gasteiger partial charge in [0.15, 0.2) is 15.8 Å². The Morgan fingerprint density at radius 3 is 2.61 bits per heavy atom. The second-order valence-electron chi connectivity index (χ2n) is 9.16. The van der Waals surface area contributed by atoms with Crippen LogP contribution in [-0.2, 0) is 14.6 Å². The molecule has 2 unspecified atom stereocenters. The molecule has 0 bridgehead atoms. The van der Waals surface area contributed by atoms with Crippen molar-refractivity contribution in [2.24, 2.45) is 16.8 Å². The minimum absolute atomic E-state index is 0. The maximum atomic E-state index is 11.7. The van der Waals surface area contributed by atoms with Gasteiger partial charge in [0, 0.05) is 25.7 Å². The summed E-state index contributed by atoms with van der Waals surface area (Å²) in [6.07, 6.45) is 9.04. The molecule has 2 aliphatic heterocycles. The van der Waals surface area contributed by atoms with Gasteiger partial charge in [0.05, 0.1) is 17.1 Å². The van der Waals surface area contributed by atoms with Crippen LogP contribution in [0.25, 0.3) is 0 Å². The Hall–Kier alpha value is -0.0900. The van der Waals surface area contributed by atoms with Gasteiger partial charge in [-0.1, -0.05) is 33.1 Å². The minimum Gasteiger partial charge on any atom is -0.375 e. The normalized spacial score (nSPS) is 29.5. The summed E-state index contributed by atoms with van der Waals surface area (Å²) in [6.45, 7) is 6.59. The van der Waals surface area contributed by atoms with Crippen molar-refractivity contribution in [2.45, 2.75) is 76.9 Å². The molecule has 0 radical (unpaired) electrons. The molecular weight excluding hydrogens is 489 g/mol. The molecule has 0 aromatic rings. The van der Waals surface area contributed by atoms with Crippen LogP contribution in [0.3, 0.4) is 0 Å². The minimum atomic E-state index is -2.83. The summed E-state index contributed by atoms with van der Waals surface area (Å²) in [5.41, 5.74) is 0.0663. The van der Waals surface area contributed by atoms with Crippen LogP contribution in [0.2, 0.25) is 0 Å². The summed E-state index contributed by atoms with van der Waals surface area (Å²) in [6, 6.07) is 0.377. The van der Waals surface area contributed by atoms with Gasteiger partial charge in [0.2, 0.25) is 0 Å². The van der Waals surface area contributed by atoms with Crippen LogP contribution in [0, 0.1) is 11.8 Å². The Bertz CT molecular complexity index is 613. The highest BCUT2D eigenvalue weighted by atomic mass is 127. The molecule has 0 aromatic carbocycles. The monoisotopic (exact) mass is 527 g/mol. The van der Waals surface area contributed by atoms with Crippen molar-refractivity contribution in [3.05, 3.63) is 0 Å². The number of halogens is 1. The van der Waals surface area contributed by atoms with E-state index in [0.717, 1.165) is 38.4 Å². The van der Waals surface area contributed by atoms with Crippen LogP contribution < -0.4 is 10.6 Å². The lowest BCUT2D eigenvalue weighted by atomic mass is 9.78. The number of sulfone groups is 1. The Kier molecular flexibility index (Phi) is 9.32. The predicted molar refractivity (Wildman–Crippen MR) is 125 cm³/mol. The van der Waals surface area contributed by atoms with Crippen molar-refractivity contribution in [2.75, 3.05) is 31.2 Å². The lowest BCUT2D eigenvalue weighted by molar-refractivity contribution is -0.107. The highest BCUT2D eigenvalue weighted by molar-refractivity contribution is 14.0. The molecule has 6 nitrogen and oxygen atoms in total. The standard InChI is InChI=1S/C20H37N3O3S.HI/c1-16(2)13-21-19(22-14-17-7-11-27(24,25)15-17)23-18-6-10-26-20(12-18)8-4-3-5-9-20;/h16-18H,3-15H2,1-2H3,(H2,21,22,23);1H. The number of hydrogen-bond acceptors (Lipinski definition) is 4. The lowest BCUT2D eigenvalue weighted by Crippen LogP contribution is -2.52. The topological polar surface area (TPSA) is 79.8 Å². The Labute approximate surface area is 188 Å². The van der Waals surface area contributed by atoms with Crippen LogP contribution in [-0.4, -0.2) is 57.2 Å². The van der Waals surface area contributed by atoms with Gasteiger partial charge < -0.3 is 15.4 Å². The number of nitrogens with zero attached hydrogens (tertiary/aromatic N) is 1. The van der Waals surface area contributed by atoms with E-state index >= 15 is 0 Å². The Morgan fingerprint density at radius 1 is 1.21 bits per heavy atom. The average Bonchev–Trinajstić information content (AvgIpc) is 2.97. The molecule has 3 fully saturated rings. The first-order valence-corrected chi connectivity index (χ1v) is 12.6. The molecule has 1 aliphatic carbocycles. The van der Waals surface area contributed by atoms with E-state index in [1.54, 1.807) is 0 Å². The zero-order valence-electron chi connectivity index (χ0n) is 17.4. The van der Waals surface area contributed by atoms with Gasteiger partial charge in [-0.3, -0.25) is 4.99 Å². The van der Waals surface area contributed by atoms with E-state index < -0.39 is 9.84 Å². The number of ether oxygens (including phenoxy) is 1. The molecule has 1 saturated carbocycles. The first kappa shape index (κ1) is 24.2. The molecular formula is C20H38IN3O3S. The second kappa shape index (κ2) is 10.8. The number of rotatable bonds is 5. The Morgan fingerprint density at radius 2 is 1.96 bits per heavy atom. The average molecular weight is 528 g/mol. The molecule has 0 aromatic heterocycles. The van der Waals surface area contributed by atoms with Crippen molar-refractivity contribution < 1.29 is 13.2 Å². The van der Waals surface area contributed by atoms with Crippen molar-refractivity contribution in [3.8, 4) is 0 Å². The van der Waals surface area contributed by atoms with E-state index in [9.17, 15) is 8.42 Å². The molecule has 164 valence electrons. The molecule has 3 rings (SSSR count). The molecule has 28 heavy (non-hydrogen) atoms. The fraction of sp³-hybridized carbons (Fsp3) is 0.950. The number of guanidine groups is 1. The zero-order chi connectivity index (χ0) is 19.3. The van der Waals surface area contributed by atoms with Crippen LogP contribution in [0.5, 0.6) is 0 Å². The second-order valence-corrected chi connectivity index (χ2v) is 11.4. The van der Waals surface area contributed by atoms with Gasteiger partial charge in [-0.15, -0.1) is 24.0 Å². The van der Waals surface area contributed by atoms with E-state index in [0.29, 0.717) is 30.0 Å². The summed E-state index contributed by atoms with van der Waals surface area (Å²) >= 11 is 0. The largest absolute Gasteiger partial charge is 0.375 e. The summed E-state index contributed by atoms with van der Waals surface area (Å²) in [4.78, 5) is 4.75. The van der Waals surface area contributed by atoms with Crippen LogP contribution >= 0.6 is 24.0 Å². The number of hydrogen-bond donors (Lipinski definition) is 2. The van der Waals surface area contributed by atoms with Crippen LogP contribution in [0.1, 0.15) is 65.2 Å². The van der Waals surface area contributed by atoms with Gasteiger partial charge in [0.1, 0.15) is 0 Å². The molecule has 2 N–H and O–H groups in total. The van der Waals surface area contributed by atoms with Crippen molar-refractivity contribution in [1.29, 1.82) is 0 Å². The van der Waals surface area contributed by atoms with E-state index in [1.807, 2.05) is 0 Å². The fourth-order valence-electron chi connectivity index (χ4n) is 4.59. The maximum Gasteiger partial charge on any atom is 0.191 e. The van der Waals surface area contributed by atoms with E-state index in [-0.39, 0.29) is 35.5 Å². The summed E-state index contributed by atoms with van der Waals surface area (Å²) in [5, 5.41) is 7.06. The third-order valence-corrected chi connectivity index (χ3v) is 7.94. The summed E-state index contributed by atoms with van der Waals surface area (Å²) in [5.74, 6) is 2.16. The first-order chi connectivity index (χ1) is 12.9. The van der Waals surface area contributed by atoms with Crippen molar-refractivity contribution >= 4 is 39.8 Å². The number of nitrogens with one attached hydrogen (secondary N) is 2. The molecule has 1 spiro atoms. The number of aliphatic imine (C=N–C) groups is 1. The highest BCUT2D eigenvalue weighted by Gasteiger charge is 2.38. The zero-order valence-corrected chi connectivity index (χ0v) is 20.6. The SMILES string of the molecule is CC(C)CN=C(NCC1CCS(=O)(=O)C1)NC1CCOC2(CCCCC2)C1.I. The van der Waals surface area contributed by atoms with E-state index in [2.05, 4.69) is 24.5 Å². The predicted octanol–water partition coefficient (Wildman–Crippen LogP) is 3.11. The van der Waals surface area contributed by atoms with Gasteiger partial charge in [-0.25, -0.2) is 8.42 Å². The van der Waals surface area contributed by atoms with Gasteiger partial charge in [0.25, 0.3) is 0 Å². The quantitative estimate of drug-likeness (QED) is 0.327. The first-order valence-electron chi connectivity index (χ1n) is 10.8. The smallest absolute Gasteiger partial charge is 0.191 e. The highest BCUT2D eigenvalue weighted by Crippen LogP contribution is 2.38. The third-order valence-electron chi connectivity index (χ3n) is 6.10. The molecule has 2 saturated heterocycles. The molecule has 8 heteroatoms. The molecule has 0 amide bonds. The van der Waals surface area contributed by atoms with Crippen molar-refractivity contribution in [1.82, 2.24) is 10.6 Å². The molecule has 2 atom stereocenters. The molecule has 2 heterocycles. The third kappa shape index (κ3) is 7.31. The Balaban J connectivity index is 0.00000280. The van der Waals surface area contributed by atoms with Crippen LogP contribution in [0.4, 0.5) is 0 Å². The van der Waals surface area contributed by atoms with Gasteiger partial charge in [-0.2, -0.15) is 0 Å². The lowest BCUT2D eigenvalue weighted by Gasteiger charge is -2.44. The summed E-state index contributed by atoms with van der Waals surface area (Å²) in [7, 11) is -2.83. The maximum absolute atomic E-state index is 11.7. The summed E-state index contributed by atoms with van der Waals surface area (Å²) < 4.78 is 29.6. The fourth-order valence-corrected chi connectivity index (χ4v) is 6.45. The van der Waals surface area contributed by atoms with Gasteiger partial charge in [-0.05, 0) is 43.9 Å². The van der Waals surface area contributed by atoms with Crippen LogP contribution in [0.15, 0.2) is 4.99 Å². The molecule has 3 aliphatic rings. The van der Waals surface area contributed by atoms with Crippen molar-refractivity contribution in [3.63, 3.8) is 0 Å². The van der Waals surface area contributed by atoms with Gasteiger partial charge >= 0.3 is 0 Å². The van der Waals surface area contributed by atoms with E-state index in [1.165, 1.54) is 32.1 Å².